The molecule has 0 bridgehead atoms. The fourth-order valence-electron chi connectivity index (χ4n) is 2.02. The lowest BCUT2D eigenvalue weighted by Crippen LogP contribution is -2.20. The van der Waals surface area contributed by atoms with Crippen LogP contribution in [0.2, 0.25) is 0 Å². The van der Waals surface area contributed by atoms with E-state index >= 15 is 0 Å². The van der Waals surface area contributed by atoms with Crippen molar-refractivity contribution in [3.05, 3.63) is 48.0 Å². The van der Waals surface area contributed by atoms with Gasteiger partial charge in [-0.2, -0.15) is 0 Å². The van der Waals surface area contributed by atoms with Crippen molar-refractivity contribution in [2.75, 3.05) is 26.1 Å². The van der Waals surface area contributed by atoms with Crippen LogP contribution in [0.15, 0.2) is 42.5 Å². The molecule has 0 aromatic heterocycles. The molecule has 0 aliphatic rings. The van der Waals surface area contributed by atoms with E-state index < -0.39 is 0 Å². The molecule has 0 radical (unpaired) electrons. The number of carbonyl (C=O) groups excluding carboxylic acids is 1. The lowest BCUT2D eigenvalue weighted by Gasteiger charge is -2.14. The second-order valence-corrected chi connectivity index (χ2v) is 4.70. The Kier molecular flexibility index (Phi) is 5.25. The Morgan fingerprint density at radius 3 is 2.27 bits per heavy atom. The minimum absolute atomic E-state index is 0.134. The quantitative estimate of drug-likeness (QED) is 0.891. The van der Waals surface area contributed by atoms with E-state index in [1.165, 1.54) is 14.2 Å². The first kappa shape index (κ1) is 15.7. The fraction of sp³-hybridized carbons (Fsp3) is 0.235. The zero-order valence-corrected chi connectivity index (χ0v) is 12.9. The first-order chi connectivity index (χ1) is 10.6. The number of anilines is 1. The highest BCUT2D eigenvalue weighted by molar-refractivity contribution is 5.92. The van der Waals surface area contributed by atoms with E-state index in [4.69, 9.17) is 14.2 Å². The van der Waals surface area contributed by atoms with Gasteiger partial charge < -0.3 is 19.5 Å². The zero-order chi connectivity index (χ0) is 15.9. The van der Waals surface area contributed by atoms with E-state index in [2.05, 4.69) is 5.32 Å². The van der Waals surface area contributed by atoms with Gasteiger partial charge in [-0.05, 0) is 36.8 Å². The molecule has 0 saturated heterocycles. The molecule has 0 fully saturated rings. The highest BCUT2D eigenvalue weighted by atomic mass is 16.5. The molecular formula is C17H19NO4. The van der Waals surface area contributed by atoms with Crippen LogP contribution < -0.4 is 19.5 Å². The Balaban J connectivity index is 2.02. The maximum absolute atomic E-state index is 12.0. The summed E-state index contributed by atoms with van der Waals surface area (Å²) in [4.78, 5) is 12.0. The van der Waals surface area contributed by atoms with Crippen LogP contribution in [0.5, 0.6) is 17.2 Å². The number of para-hydroxylation sites is 1. The summed E-state index contributed by atoms with van der Waals surface area (Å²) in [5.74, 6) is 1.19. The minimum atomic E-state index is -0.251. The highest BCUT2D eigenvalue weighted by Gasteiger charge is 2.13. The monoisotopic (exact) mass is 301 g/mol. The van der Waals surface area contributed by atoms with Gasteiger partial charge in [0.25, 0.3) is 5.91 Å². The molecule has 5 heteroatoms. The van der Waals surface area contributed by atoms with Gasteiger partial charge in [-0.3, -0.25) is 4.79 Å². The van der Waals surface area contributed by atoms with Crippen molar-refractivity contribution in [1.29, 1.82) is 0 Å². The van der Waals surface area contributed by atoms with E-state index in [1.807, 2.05) is 31.2 Å². The molecule has 1 amide bonds. The van der Waals surface area contributed by atoms with Gasteiger partial charge in [-0.1, -0.05) is 18.2 Å². The summed E-state index contributed by atoms with van der Waals surface area (Å²) in [5.41, 5.74) is 1.81. The summed E-state index contributed by atoms with van der Waals surface area (Å²) in [6.07, 6.45) is 0. The summed E-state index contributed by atoms with van der Waals surface area (Å²) in [5, 5.41) is 2.78. The van der Waals surface area contributed by atoms with Crippen molar-refractivity contribution >= 4 is 11.6 Å². The zero-order valence-electron chi connectivity index (χ0n) is 12.9. The average molecular weight is 301 g/mol. The number of benzene rings is 2. The summed E-state index contributed by atoms with van der Waals surface area (Å²) in [6.45, 7) is 1.83. The third-order valence-corrected chi connectivity index (χ3v) is 3.03. The van der Waals surface area contributed by atoms with Gasteiger partial charge in [0, 0.05) is 5.69 Å². The van der Waals surface area contributed by atoms with Gasteiger partial charge in [0.2, 0.25) is 5.75 Å². The van der Waals surface area contributed by atoms with Gasteiger partial charge in [-0.25, -0.2) is 0 Å². The molecule has 5 nitrogen and oxygen atoms in total. The molecule has 116 valence electrons. The van der Waals surface area contributed by atoms with E-state index in [9.17, 15) is 4.79 Å². The number of aryl methyl sites for hydroxylation is 1. The number of carbonyl (C=O) groups is 1. The second-order valence-electron chi connectivity index (χ2n) is 4.70. The fourth-order valence-corrected chi connectivity index (χ4v) is 2.02. The van der Waals surface area contributed by atoms with Crippen molar-refractivity contribution in [3.63, 3.8) is 0 Å². The Labute approximate surface area is 129 Å². The van der Waals surface area contributed by atoms with Gasteiger partial charge in [0.15, 0.2) is 18.1 Å². The van der Waals surface area contributed by atoms with Gasteiger partial charge in [0.1, 0.15) is 0 Å². The topological polar surface area (TPSA) is 56.8 Å². The molecule has 0 unspecified atom stereocenters. The molecule has 2 aromatic rings. The number of ether oxygens (including phenoxy) is 3. The number of amides is 1. The number of hydrogen-bond donors (Lipinski definition) is 1. The molecule has 0 atom stereocenters. The SMILES string of the molecule is COc1cccc(OC)c1OCC(=O)Nc1cccc(C)c1. The van der Waals surface area contributed by atoms with Crippen LogP contribution in [0.25, 0.3) is 0 Å². The number of hydrogen-bond acceptors (Lipinski definition) is 4. The predicted molar refractivity (Wildman–Crippen MR) is 84.8 cm³/mol. The third kappa shape index (κ3) is 3.91. The number of rotatable bonds is 6. The van der Waals surface area contributed by atoms with Crippen LogP contribution in [-0.4, -0.2) is 26.7 Å². The smallest absolute Gasteiger partial charge is 0.262 e. The van der Waals surface area contributed by atoms with Crippen LogP contribution in [0.3, 0.4) is 0 Å². The predicted octanol–water partition coefficient (Wildman–Crippen LogP) is 3.03. The van der Waals surface area contributed by atoms with E-state index in [0.717, 1.165) is 11.3 Å². The standard InChI is InChI=1S/C17H19NO4/c1-12-6-4-7-13(10-12)18-16(19)11-22-17-14(20-2)8-5-9-15(17)21-3/h4-10H,11H2,1-3H3,(H,18,19). The van der Waals surface area contributed by atoms with Gasteiger partial charge >= 0.3 is 0 Å². The molecule has 1 N–H and O–H groups in total. The summed E-state index contributed by atoms with van der Waals surface area (Å²) in [7, 11) is 3.07. The molecule has 0 aliphatic carbocycles. The molecule has 2 aromatic carbocycles. The van der Waals surface area contributed by atoms with Crippen LogP contribution in [-0.2, 0) is 4.79 Å². The molecular weight excluding hydrogens is 282 g/mol. The van der Waals surface area contributed by atoms with E-state index in [-0.39, 0.29) is 12.5 Å². The van der Waals surface area contributed by atoms with Crippen molar-refractivity contribution < 1.29 is 19.0 Å². The summed E-state index contributed by atoms with van der Waals surface area (Å²) >= 11 is 0. The normalized spacial score (nSPS) is 9.95. The van der Waals surface area contributed by atoms with Crippen LogP contribution in [0.1, 0.15) is 5.56 Å². The number of methoxy groups -OCH3 is 2. The third-order valence-electron chi connectivity index (χ3n) is 3.03. The lowest BCUT2D eigenvalue weighted by molar-refractivity contribution is -0.118. The average Bonchev–Trinajstić information content (AvgIpc) is 2.52. The molecule has 22 heavy (non-hydrogen) atoms. The Bertz CT molecular complexity index is 633. The van der Waals surface area contributed by atoms with Crippen molar-refractivity contribution in [3.8, 4) is 17.2 Å². The lowest BCUT2D eigenvalue weighted by atomic mass is 10.2. The molecule has 0 aliphatic heterocycles. The highest BCUT2D eigenvalue weighted by Crippen LogP contribution is 2.36. The maximum atomic E-state index is 12.0. The van der Waals surface area contributed by atoms with Crippen LogP contribution in [0.4, 0.5) is 5.69 Å². The molecule has 0 spiro atoms. The molecule has 0 saturated carbocycles. The van der Waals surface area contributed by atoms with E-state index in [0.29, 0.717) is 17.2 Å². The van der Waals surface area contributed by atoms with Crippen molar-refractivity contribution in [2.24, 2.45) is 0 Å². The Morgan fingerprint density at radius 2 is 1.68 bits per heavy atom. The van der Waals surface area contributed by atoms with Crippen molar-refractivity contribution in [1.82, 2.24) is 0 Å². The van der Waals surface area contributed by atoms with Crippen LogP contribution >= 0.6 is 0 Å². The van der Waals surface area contributed by atoms with Gasteiger partial charge in [0.05, 0.1) is 14.2 Å². The Hall–Kier alpha value is -2.69. The molecule has 2 rings (SSSR count). The Morgan fingerprint density at radius 1 is 1.05 bits per heavy atom. The summed E-state index contributed by atoms with van der Waals surface area (Å²) < 4.78 is 16.0. The van der Waals surface area contributed by atoms with Gasteiger partial charge in [-0.15, -0.1) is 0 Å². The first-order valence-corrected chi connectivity index (χ1v) is 6.84. The maximum Gasteiger partial charge on any atom is 0.262 e. The summed E-state index contributed by atoms with van der Waals surface area (Å²) in [6, 6.07) is 12.8. The number of nitrogens with one attached hydrogen (secondary N) is 1. The van der Waals surface area contributed by atoms with Crippen molar-refractivity contribution in [2.45, 2.75) is 6.92 Å². The largest absolute Gasteiger partial charge is 0.493 e. The minimum Gasteiger partial charge on any atom is -0.493 e. The molecule has 0 heterocycles. The second kappa shape index (κ2) is 7.36. The van der Waals surface area contributed by atoms with Crippen LogP contribution in [0, 0.1) is 6.92 Å². The first-order valence-electron chi connectivity index (χ1n) is 6.84. The van der Waals surface area contributed by atoms with E-state index in [1.54, 1.807) is 18.2 Å².